The molecule has 4 rings (SSSR count). The van der Waals surface area contributed by atoms with Gasteiger partial charge in [0.1, 0.15) is 11.6 Å². The molecule has 0 N–H and O–H groups in total. The summed E-state index contributed by atoms with van der Waals surface area (Å²) in [5, 5.41) is 18.4. The number of fused-ring (bicyclic) bond motifs is 1. The van der Waals surface area contributed by atoms with Gasteiger partial charge in [0.25, 0.3) is 0 Å². The summed E-state index contributed by atoms with van der Waals surface area (Å²) in [5.74, 6) is 1.41. The van der Waals surface area contributed by atoms with Crippen molar-refractivity contribution in [1.82, 2.24) is 24.9 Å². The number of nitrogens with zero attached hydrogens (tertiary/aromatic N) is 7. The van der Waals surface area contributed by atoms with E-state index in [1.165, 1.54) is 0 Å². The maximum Gasteiger partial charge on any atom is 0.233 e. The molecule has 9 heteroatoms. The monoisotopic (exact) mass is 411 g/mol. The van der Waals surface area contributed by atoms with E-state index in [2.05, 4.69) is 31.2 Å². The number of anilines is 1. The highest BCUT2D eigenvalue weighted by atomic mass is 16.5. The summed E-state index contributed by atoms with van der Waals surface area (Å²) < 4.78 is 13.2. The molecule has 2 aliphatic rings. The van der Waals surface area contributed by atoms with Gasteiger partial charge in [0.05, 0.1) is 36.8 Å². The summed E-state index contributed by atoms with van der Waals surface area (Å²) in [6, 6.07) is 4.35. The number of ether oxygens (including phenoxy) is 2. The van der Waals surface area contributed by atoms with E-state index in [0.717, 1.165) is 43.9 Å². The van der Waals surface area contributed by atoms with E-state index in [1.54, 1.807) is 20.4 Å². The van der Waals surface area contributed by atoms with Crippen LogP contribution in [0.1, 0.15) is 30.1 Å². The zero-order valence-corrected chi connectivity index (χ0v) is 18.0. The summed E-state index contributed by atoms with van der Waals surface area (Å²) in [7, 11) is 7.38. The maximum atomic E-state index is 9.65. The van der Waals surface area contributed by atoms with Gasteiger partial charge in [-0.25, -0.2) is 9.67 Å². The topological polar surface area (TPSA) is 92.3 Å². The number of rotatable bonds is 6. The second kappa shape index (κ2) is 8.58. The van der Waals surface area contributed by atoms with Crippen molar-refractivity contribution in [3.63, 3.8) is 0 Å². The number of aromatic nitrogens is 4. The number of hydrogen-bond acceptors (Lipinski definition) is 8. The molecule has 0 amide bonds. The van der Waals surface area contributed by atoms with Crippen molar-refractivity contribution < 1.29 is 9.47 Å². The van der Waals surface area contributed by atoms with Gasteiger partial charge < -0.3 is 19.3 Å². The first-order valence-corrected chi connectivity index (χ1v) is 10.3. The molecule has 2 fully saturated rings. The van der Waals surface area contributed by atoms with Gasteiger partial charge in [-0.05, 0) is 44.8 Å². The molecular weight excluding hydrogens is 382 g/mol. The lowest BCUT2D eigenvalue weighted by Crippen LogP contribution is -2.37. The lowest BCUT2D eigenvalue weighted by molar-refractivity contribution is -0.00543. The van der Waals surface area contributed by atoms with E-state index in [-0.39, 0.29) is 12.1 Å². The summed E-state index contributed by atoms with van der Waals surface area (Å²) >= 11 is 0. The zero-order chi connectivity index (χ0) is 21.3. The van der Waals surface area contributed by atoms with Crippen LogP contribution in [0.2, 0.25) is 0 Å². The first-order valence-electron chi connectivity index (χ1n) is 10.3. The van der Waals surface area contributed by atoms with E-state index in [9.17, 15) is 5.26 Å². The number of methoxy groups -OCH3 is 2. The Hall–Kier alpha value is -2.70. The van der Waals surface area contributed by atoms with Crippen LogP contribution in [0.3, 0.4) is 0 Å². The van der Waals surface area contributed by atoms with Crippen LogP contribution in [0, 0.1) is 23.2 Å². The van der Waals surface area contributed by atoms with Crippen LogP contribution in [0.15, 0.2) is 18.5 Å². The Morgan fingerprint density at radius 3 is 2.67 bits per heavy atom. The molecule has 0 radical (unpaired) electrons. The van der Waals surface area contributed by atoms with Crippen molar-refractivity contribution in [2.24, 2.45) is 11.8 Å². The van der Waals surface area contributed by atoms with Crippen LogP contribution in [0.4, 0.5) is 5.69 Å². The second-order valence-electron chi connectivity index (χ2n) is 8.49. The maximum absolute atomic E-state index is 9.65. The minimum Gasteiger partial charge on any atom is -0.480 e. The number of nitriles is 1. The third-order valence-electron chi connectivity index (χ3n) is 6.30. The van der Waals surface area contributed by atoms with E-state index in [0.29, 0.717) is 23.3 Å². The second-order valence-corrected chi connectivity index (χ2v) is 8.49. The minimum atomic E-state index is 0.0996. The normalized spacial score (nSPS) is 25.9. The van der Waals surface area contributed by atoms with Crippen LogP contribution in [-0.4, -0.2) is 72.4 Å². The lowest BCUT2D eigenvalue weighted by Gasteiger charge is -2.36. The van der Waals surface area contributed by atoms with Gasteiger partial charge in [-0.2, -0.15) is 5.26 Å². The SMILES string of the molecule is COc1nccc(N2C[C@H]3C[C@@H](n4cc(CN(C)C)nn4)[C@H](OC)C[C@H]3C2)c1C#N. The predicted octanol–water partition coefficient (Wildman–Crippen LogP) is 1.72. The van der Waals surface area contributed by atoms with Gasteiger partial charge in [0, 0.05) is 32.9 Å². The van der Waals surface area contributed by atoms with Crippen molar-refractivity contribution >= 4 is 5.69 Å². The van der Waals surface area contributed by atoms with Crippen LogP contribution < -0.4 is 9.64 Å². The molecule has 0 aromatic carbocycles. The van der Waals surface area contributed by atoms with Crippen molar-refractivity contribution in [2.45, 2.75) is 31.5 Å². The van der Waals surface area contributed by atoms with E-state index in [1.807, 2.05) is 31.0 Å². The largest absolute Gasteiger partial charge is 0.480 e. The van der Waals surface area contributed by atoms with Crippen LogP contribution in [-0.2, 0) is 11.3 Å². The quantitative estimate of drug-likeness (QED) is 0.709. The zero-order valence-electron chi connectivity index (χ0n) is 18.0. The Labute approximate surface area is 177 Å². The first kappa shape index (κ1) is 20.6. The molecule has 160 valence electrons. The molecule has 1 saturated carbocycles. The molecule has 30 heavy (non-hydrogen) atoms. The Kier molecular flexibility index (Phi) is 5.88. The Morgan fingerprint density at radius 1 is 1.23 bits per heavy atom. The van der Waals surface area contributed by atoms with Gasteiger partial charge in [-0.15, -0.1) is 5.10 Å². The van der Waals surface area contributed by atoms with Crippen molar-refractivity contribution in [3.8, 4) is 11.9 Å². The van der Waals surface area contributed by atoms with Crippen LogP contribution >= 0.6 is 0 Å². The molecular formula is C21H29N7O2. The molecule has 9 nitrogen and oxygen atoms in total. The van der Waals surface area contributed by atoms with Crippen molar-refractivity contribution in [2.75, 3.05) is 46.3 Å². The molecule has 4 atom stereocenters. The minimum absolute atomic E-state index is 0.0996. The summed E-state index contributed by atoms with van der Waals surface area (Å²) in [6.07, 6.45) is 5.80. The van der Waals surface area contributed by atoms with Gasteiger partial charge in [-0.3, -0.25) is 0 Å². The average molecular weight is 412 g/mol. The molecule has 0 unspecified atom stereocenters. The van der Waals surface area contributed by atoms with E-state index in [4.69, 9.17) is 9.47 Å². The average Bonchev–Trinajstić information content (AvgIpc) is 3.37. The molecule has 2 aromatic rings. The first-order chi connectivity index (χ1) is 14.5. The fourth-order valence-corrected chi connectivity index (χ4v) is 4.95. The van der Waals surface area contributed by atoms with Gasteiger partial charge >= 0.3 is 0 Å². The third kappa shape index (κ3) is 3.85. The summed E-state index contributed by atoms with van der Waals surface area (Å²) in [6.45, 7) is 2.58. The smallest absolute Gasteiger partial charge is 0.233 e. The molecule has 1 saturated heterocycles. The van der Waals surface area contributed by atoms with Crippen molar-refractivity contribution in [3.05, 3.63) is 29.7 Å². The molecule has 1 aliphatic carbocycles. The highest BCUT2D eigenvalue weighted by molar-refractivity contribution is 5.63. The Bertz CT molecular complexity index is 922. The Morgan fingerprint density at radius 2 is 2.00 bits per heavy atom. The van der Waals surface area contributed by atoms with Gasteiger partial charge in [0.2, 0.25) is 5.88 Å². The van der Waals surface area contributed by atoms with E-state index < -0.39 is 0 Å². The summed E-state index contributed by atoms with van der Waals surface area (Å²) in [4.78, 5) is 8.56. The van der Waals surface area contributed by atoms with E-state index >= 15 is 0 Å². The lowest BCUT2D eigenvalue weighted by atomic mass is 9.77. The van der Waals surface area contributed by atoms with Crippen LogP contribution in [0.25, 0.3) is 0 Å². The van der Waals surface area contributed by atoms with Crippen molar-refractivity contribution in [1.29, 1.82) is 5.26 Å². The Balaban J connectivity index is 1.54. The number of pyridine rings is 1. The predicted molar refractivity (Wildman–Crippen MR) is 111 cm³/mol. The fraction of sp³-hybridized carbons (Fsp3) is 0.619. The highest BCUT2D eigenvalue weighted by Gasteiger charge is 2.44. The van der Waals surface area contributed by atoms with Crippen LogP contribution in [0.5, 0.6) is 5.88 Å². The molecule has 3 heterocycles. The molecule has 1 aliphatic heterocycles. The summed E-state index contributed by atoms with van der Waals surface area (Å²) in [5.41, 5.74) is 2.37. The standard InChI is InChI=1S/C21H29N7O2/c1-26(2)12-16-13-28(25-24-16)19-7-14-10-27(11-15(14)8-20(19)29-3)18-5-6-23-21(30-4)17(18)9-22/h5-6,13-15,19-20H,7-8,10-12H2,1-4H3/t14-,15+,19-,20-/m1/s1. The molecule has 2 aromatic heterocycles. The van der Waals surface area contributed by atoms with Gasteiger partial charge in [-0.1, -0.05) is 5.21 Å². The molecule has 0 spiro atoms. The molecule has 0 bridgehead atoms. The highest BCUT2D eigenvalue weighted by Crippen LogP contribution is 2.44. The third-order valence-corrected chi connectivity index (χ3v) is 6.30. The van der Waals surface area contributed by atoms with Gasteiger partial charge in [0.15, 0.2) is 0 Å². The fourth-order valence-electron chi connectivity index (χ4n) is 4.95. The number of hydrogen-bond donors (Lipinski definition) is 0.